The standard InChI is InChI=1S/C18H16N4O4/c1-11-8-16(13-4-3-5-14(9-13)22(25)26)17(18(23)24)12(2)21(11)15-6-7-19-20-10-15/h3-10,16H,1-2H3,(H,23,24). The summed E-state index contributed by atoms with van der Waals surface area (Å²) >= 11 is 0. The fourth-order valence-corrected chi connectivity index (χ4v) is 3.20. The average Bonchev–Trinajstić information content (AvgIpc) is 2.61. The Morgan fingerprint density at radius 3 is 2.65 bits per heavy atom. The van der Waals surface area contributed by atoms with Gasteiger partial charge in [0.1, 0.15) is 0 Å². The fraction of sp³-hybridized carbons (Fsp3) is 0.167. The van der Waals surface area contributed by atoms with E-state index in [0.717, 1.165) is 5.70 Å². The predicted molar refractivity (Wildman–Crippen MR) is 94.4 cm³/mol. The summed E-state index contributed by atoms with van der Waals surface area (Å²) in [6.07, 6.45) is 4.87. The largest absolute Gasteiger partial charge is 0.478 e. The molecule has 0 fully saturated rings. The van der Waals surface area contributed by atoms with E-state index in [2.05, 4.69) is 10.2 Å². The number of aromatic nitrogens is 2. The lowest BCUT2D eigenvalue weighted by molar-refractivity contribution is -0.384. The number of allylic oxidation sites excluding steroid dienone is 3. The molecule has 8 heteroatoms. The van der Waals surface area contributed by atoms with Gasteiger partial charge in [0.2, 0.25) is 0 Å². The first kappa shape index (κ1) is 17.3. The van der Waals surface area contributed by atoms with Crippen LogP contribution in [0.25, 0.3) is 0 Å². The highest BCUT2D eigenvalue weighted by atomic mass is 16.6. The summed E-state index contributed by atoms with van der Waals surface area (Å²) in [5, 5.41) is 28.4. The molecule has 1 aromatic heterocycles. The summed E-state index contributed by atoms with van der Waals surface area (Å²) in [6, 6.07) is 7.79. The summed E-state index contributed by atoms with van der Waals surface area (Å²) in [6.45, 7) is 3.57. The summed E-state index contributed by atoms with van der Waals surface area (Å²) in [5.41, 5.74) is 2.67. The van der Waals surface area contributed by atoms with Crippen molar-refractivity contribution in [2.75, 3.05) is 4.90 Å². The molecule has 0 amide bonds. The van der Waals surface area contributed by atoms with E-state index in [-0.39, 0.29) is 11.3 Å². The smallest absolute Gasteiger partial charge is 0.334 e. The first-order chi connectivity index (χ1) is 12.4. The topological polar surface area (TPSA) is 109 Å². The van der Waals surface area contributed by atoms with Crippen LogP contribution in [0, 0.1) is 10.1 Å². The molecule has 2 aromatic rings. The van der Waals surface area contributed by atoms with Crippen molar-refractivity contribution >= 4 is 17.3 Å². The minimum atomic E-state index is -1.07. The number of aliphatic carboxylic acids is 1. The van der Waals surface area contributed by atoms with E-state index in [0.29, 0.717) is 16.9 Å². The lowest BCUT2D eigenvalue weighted by Gasteiger charge is -2.34. The molecule has 3 rings (SSSR count). The second-order valence-corrected chi connectivity index (χ2v) is 5.88. The molecule has 0 bridgehead atoms. The van der Waals surface area contributed by atoms with Crippen LogP contribution in [0.1, 0.15) is 25.3 Å². The molecule has 0 saturated heterocycles. The quantitative estimate of drug-likeness (QED) is 0.664. The summed E-state index contributed by atoms with van der Waals surface area (Å²) in [4.78, 5) is 24.3. The van der Waals surface area contributed by atoms with Crippen molar-refractivity contribution in [2.24, 2.45) is 0 Å². The first-order valence-electron chi connectivity index (χ1n) is 7.84. The fourth-order valence-electron chi connectivity index (χ4n) is 3.20. The van der Waals surface area contributed by atoms with E-state index in [1.54, 1.807) is 42.3 Å². The summed E-state index contributed by atoms with van der Waals surface area (Å²) < 4.78 is 0. The van der Waals surface area contributed by atoms with Gasteiger partial charge >= 0.3 is 5.97 Å². The van der Waals surface area contributed by atoms with Crippen LogP contribution in [0.3, 0.4) is 0 Å². The van der Waals surface area contributed by atoms with Crippen LogP contribution < -0.4 is 4.90 Å². The predicted octanol–water partition coefficient (Wildman–Crippen LogP) is 3.25. The monoisotopic (exact) mass is 352 g/mol. The third-order valence-electron chi connectivity index (χ3n) is 4.29. The lowest BCUT2D eigenvalue weighted by atomic mass is 9.86. The van der Waals surface area contributed by atoms with Gasteiger partial charge in [0.05, 0.1) is 28.6 Å². The van der Waals surface area contributed by atoms with E-state index < -0.39 is 16.8 Å². The Balaban J connectivity index is 2.14. The van der Waals surface area contributed by atoms with Gasteiger partial charge in [-0.15, -0.1) is 0 Å². The molecule has 1 aliphatic rings. The summed E-state index contributed by atoms with van der Waals surface area (Å²) in [5.74, 6) is -1.66. The van der Waals surface area contributed by atoms with Crippen LogP contribution in [-0.2, 0) is 4.79 Å². The molecular weight excluding hydrogens is 336 g/mol. The van der Waals surface area contributed by atoms with Gasteiger partial charge in [-0.25, -0.2) is 4.79 Å². The van der Waals surface area contributed by atoms with Crippen molar-refractivity contribution in [2.45, 2.75) is 19.8 Å². The number of nitro groups is 1. The lowest BCUT2D eigenvalue weighted by Crippen LogP contribution is -2.29. The number of non-ortho nitro benzene ring substituents is 1. The SMILES string of the molecule is CC1=CC(c2cccc([N+](=O)[O-])c2)C(C(=O)O)=C(C)N1c1ccnnc1. The molecule has 0 aliphatic carbocycles. The van der Waals surface area contributed by atoms with E-state index in [1.807, 2.05) is 6.92 Å². The third-order valence-corrected chi connectivity index (χ3v) is 4.29. The van der Waals surface area contributed by atoms with Crippen LogP contribution in [0.15, 0.2) is 65.8 Å². The molecule has 1 aliphatic heterocycles. The molecule has 1 unspecified atom stereocenters. The van der Waals surface area contributed by atoms with Crippen LogP contribution in [0.2, 0.25) is 0 Å². The zero-order valence-electron chi connectivity index (χ0n) is 14.2. The minimum absolute atomic E-state index is 0.0725. The van der Waals surface area contributed by atoms with Gasteiger partial charge in [0, 0.05) is 29.4 Å². The molecular formula is C18H16N4O4. The highest BCUT2D eigenvalue weighted by Crippen LogP contribution is 2.39. The number of benzene rings is 1. The van der Waals surface area contributed by atoms with Gasteiger partial charge in [0.25, 0.3) is 5.69 Å². The maximum atomic E-state index is 12.0. The molecule has 1 N–H and O–H groups in total. The van der Waals surface area contributed by atoms with Gasteiger partial charge in [0.15, 0.2) is 0 Å². The number of anilines is 1. The van der Waals surface area contributed by atoms with E-state index in [1.165, 1.54) is 18.3 Å². The van der Waals surface area contributed by atoms with E-state index in [4.69, 9.17) is 0 Å². The number of hydrogen-bond acceptors (Lipinski definition) is 6. The Kier molecular flexibility index (Phi) is 4.49. The number of carboxylic acids is 1. The molecule has 132 valence electrons. The molecule has 1 aromatic carbocycles. The summed E-state index contributed by atoms with van der Waals surface area (Å²) in [7, 11) is 0. The third kappa shape index (κ3) is 3.04. The van der Waals surface area contributed by atoms with Crippen molar-refractivity contribution in [3.8, 4) is 0 Å². The Morgan fingerprint density at radius 1 is 1.27 bits per heavy atom. The second-order valence-electron chi connectivity index (χ2n) is 5.88. The minimum Gasteiger partial charge on any atom is -0.478 e. The van der Waals surface area contributed by atoms with Crippen LogP contribution in [0.5, 0.6) is 0 Å². The normalized spacial score (nSPS) is 17.1. The highest BCUT2D eigenvalue weighted by molar-refractivity contribution is 5.92. The average molecular weight is 352 g/mol. The van der Waals surface area contributed by atoms with Gasteiger partial charge in [-0.2, -0.15) is 10.2 Å². The first-order valence-corrected chi connectivity index (χ1v) is 7.84. The second kappa shape index (κ2) is 6.75. The molecule has 0 spiro atoms. The molecule has 2 heterocycles. The molecule has 8 nitrogen and oxygen atoms in total. The van der Waals surface area contributed by atoms with Crippen molar-refractivity contribution in [3.63, 3.8) is 0 Å². The van der Waals surface area contributed by atoms with Crippen LogP contribution >= 0.6 is 0 Å². The zero-order chi connectivity index (χ0) is 18.8. The van der Waals surface area contributed by atoms with Gasteiger partial charge in [-0.3, -0.25) is 10.1 Å². The van der Waals surface area contributed by atoms with Crippen LogP contribution in [-0.4, -0.2) is 26.2 Å². The highest BCUT2D eigenvalue weighted by Gasteiger charge is 2.31. The van der Waals surface area contributed by atoms with E-state index in [9.17, 15) is 20.0 Å². The number of carbonyl (C=O) groups is 1. The maximum Gasteiger partial charge on any atom is 0.334 e. The molecule has 1 atom stereocenters. The number of nitrogens with zero attached hydrogens (tertiary/aromatic N) is 4. The number of nitro benzene ring substituents is 1. The van der Waals surface area contributed by atoms with Crippen molar-refractivity contribution < 1.29 is 14.8 Å². The Bertz CT molecular complexity index is 937. The Labute approximate surface area is 149 Å². The van der Waals surface area contributed by atoms with Gasteiger partial charge < -0.3 is 10.0 Å². The number of carboxylic acid groups (broad SMARTS) is 1. The molecule has 0 saturated carbocycles. The zero-order valence-corrected chi connectivity index (χ0v) is 14.2. The van der Waals surface area contributed by atoms with E-state index >= 15 is 0 Å². The number of hydrogen-bond donors (Lipinski definition) is 1. The number of rotatable bonds is 4. The molecule has 0 radical (unpaired) electrons. The van der Waals surface area contributed by atoms with Crippen molar-refractivity contribution in [1.82, 2.24) is 10.2 Å². The Morgan fingerprint density at radius 2 is 2.04 bits per heavy atom. The van der Waals surface area contributed by atoms with Crippen molar-refractivity contribution in [3.05, 3.63) is 81.4 Å². The van der Waals surface area contributed by atoms with Gasteiger partial charge in [-0.1, -0.05) is 18.2 Å². The van der Waals surface area contributed by atoms with Crippen molar-refractivity contribution in [1.29, 1.82) is 0 Å². The Hall–Kier alpha value is -3.55. The molecule has 26 heavy (non-hydrogen) atoms. The van der Waals surface area contributed by atoms with Gasteiger partial charge in [-0.05, 0) is 25.5 Å². The maximum absolute atomic E-state index is 12.0. The van der Waals surface area contributed by atoms with Crippen LogP contribution in [0.4, 0.5) is 11.4 Å².